The lowest BCUT2D eigenvalue weighted by molar-refractivity contribution is -0.145. The minimum Gasteiger partial charge on any atom is -0.464 e. The van der Waals surface area contributed by atoms with Gasteiger partial charge in [0.2, 0.25) is 5.89 Å². The Hall–Kier alpha value is -2.62. The van der Waals surface area contributed by atoms with E-state index in [2.05, 4.69) is 15.3 Å². The van der Waals surface area contributed by atoms with Crippen LogP contribution < -0.4 is 22.5 Å². The average molecular weight is 382 g/mol. The topological polar surface area (TPSA) is 172 Å². The number of carbonyl (C=O) groups is 2. The van der Waals surface area contributed by atoms with Crippen LogP contribution in [0.5, 0.6) is 0 Å². The molecule has 1 amide bonds. The van der Waals surface area contributed by atoms with Gasteiger partial charge in [0.1, 0.15) is 12.3 Å². The second-order valence-corrected chi connectivity index (χ2v) is 6.21. The third-order valence-electron chi connectivity index (χ3n) is 4.12. The summed E-state index contributed by atoms with van der Waals surface area (Å²) in [5.74, 6) is -0.659. The van der Waals surface area contributed by atoms with Crippen molar-refractivity contribution in [2.75, 3.05) is 13.2 Å². The van der Waals surface area contributed by atoms with Crippen LogP contribution in [0.3, 0.4) is 0 Å². The maximum absolute atomic E-state index is 12.4. The molecule has 0 aliphatic carbocycles. The van der Waals surface area contributed by atoms with Crippen molar-refractivity contribution >= 4 is 17.8 Å². The van der Waals surface area contributed by atoms with E-state index in [1.54, 1.807) is 6.92 Å². The molecule has 3 unspecified atom stereocenters. The van der Waals surface area contributed by atoms with Crippen LogP contribution in [0.25, 0.3) is 0 Å². The van der Waals surface area contributed by atoms with Crippen LogP contribution in [-0.4, -0.2) is 42.0 Å². The zero-order valence-corrected chi connectivity index (χ0v) is 16.1. The predicted octanol–water partition coefficient (Wildman–Crippen LogP) is 0.436. The number of aliphatic imine (C=N–C) groups is 1. The van der Waals surface area contributed by atoms with Gasteiger partial charge in [-0.05, 0) is 25.7 Å². The van der Waals surface area contributed by atoms with Crippen molar-refractivity contribution in [1.29, 1.82) is 0 Å². The Morgan fingerprint density at radius 3 is 2.67 bits per heavy atom. The number of oxazole rings is 1. The summed E-state index contributed by atoms with van der Waals surface area (Å²) >= 11 is 0. The second-order valence-electron chi connectivity index (χ2n) is 6.21. The molecule has 152 valence electrons. The molecule has 0 spiro atoms. The van der Waals surface area contributed by atoms with Crippen molar-refractivity contribution in [2.45, 2.75) is 52.1 Å². The molecule has 7 N–H and O–H groups in total. The SMILES string of the molecule is CCOC(=O)C(CCCN=C(N)N)NC(=O)c1coc(C(N)C(C)CC)n1. The first-order valence-electron chi connectivity index (χ1n) is 9.03. The van der Waals surface area contributed by atoms with Crippen molar-refractivity contribution in [3.05, 3.63) is 17.8 Å². The number of hydrogen-bond donors (Lipinski definition) is 4. The number of nitrogens with one attached hydrogen (secondary N) is 1. The summed E-state index contributed by atoms with van der Waals surface area (Å²) in [6.45, 7) is 6.22. The van der Waals surface area contributed by atoms with Gasteiger partial charge in [-0.2, -0.15) is 0 Å². The van der Waals surface area contributed by atoms with Gasteiger partial charge in [-0.3, -0.25) is 9.79 Å². The normalized spacial score (nSPS) is 14.1. The Balaban J connectivity index is 2.76. The number of aromatic nitrogens is 1. The molecular formula is C17H30N6O4. The molecule has 1 rings (SSSR count). The number of ether oxygens (including phenoxy) is 1. The van der Waals surface area contributed by atoms with E-state index in [4.69, 9.17) is 26.4 Å². The molecule has 1 heterocycles. The zero-order valence-electron chi connectivity index (χ0n) is 16.1. The van der Waals surface area contributed by atoms with Crippen LogP contribution in [0.15, 0.2) is 15.7 Å². The van der Waals surface area contributed by atoms with Crippen LogP contribution in [0, 0.1) is 5.92 Å². The highest BCUT2D eigenvalue weighted by molar-refractivity contribution is 5.94. The van der Waals surface area contributed by atoms with Gasteiger partial charge in [0.05, 0.1) is 12.6 Å². The standard InChI is InChI=1S/C17H30N6O4/c1-4-10(3)13(18)15-23-12(9-27-15)14(24)22-11(16(25)26-5-2)7-6-8-21-17(19)20/h9-11,13H,4-8,18H2,1-3H3,(H,22,24)(H4,19,20,21). The summed E-state index contributed by atoms with van der Waals surface area (Å²) in [4.78, 5) is 32.5. The molecule has 0 aromatic carbocycles. The number of nitrogens with two attached hydrogens (primary N) is 3. The number of esters is 1. The molecule has 10 nitrogen and oxygen atoms in total. The Morgan fingerprint density at radius 2 is 2.07 bits per heavy atom. The quantitative estimate of drug-likeness (QED) is 0.185. The molecule has 0 radical (unpaired) electrons. The molecule has 1 aromatic rings. The van der Waals surface area contributed by atoms with Crippen LogP contribution in [0.4, 0.5) is 0 Å². The molecular weight excluding hydrogens is 352 g/mol. The van der Waals surface area contributed by atoms with Crippen molar-refractivity contribution < 1.29 is 18.7 Å². The van der Waals surface area contributed by atoms with Gasteiger partial charge in [-0.25, -0.2) is 9.78 Å². The fourth-order valence-electron chi connectivity index (χ4n) is 2.27. The number of rotatable bonds is 11. The van der Waals surface area contributed by atoms with Gasteiger partial charge in [0, 0.05) is 6.54 Å². The predicted molar refractivity (Wildman–Crippen MR) is 101 cm³/mol. The Morgan fingerprint density at radius 1 is 1.37 bits per heavy atom. The first-order valence-corrected chi connectivity index (χ1v) is 9.03. The maximum Gasteiger partial charge on any atom is 0.328 e. The van der Waals surface area contributed by atoms with E-state index in [0.717, 1.165) is 6.42 Å². The number of guanidine groups is 1. The lowest BCUT2D eigenvalue weighted by atomic mass is 10.0. The number of nitrogens with zero attached hydrogens (tertiary/aromatic N) is 2. The Labute approximate surface area is 158 Å². The summed E-state index contributed by atoms with van der Waals surface area (Å²) in [7, 11) is 0. The molecule has 0 saturated heterocycles. The highest BCUT2D eigenvalue weighted by atomic mass is 16.5. The van der Waals surface area contributed by atoms with Gasteiger partial charge < -0.3 is 31.7 Å². The summed E-state index contributed by atoms with van der Waals surface area (Å²) < 4.78 is 10.3. The molecule has 0 saturated carbocycles. The smallest absolute Gasteiger partial charge is 0.328 e. The van der Waals surface area contributed by atoms with Crippen molar-refractivity contribution in [2.24, 2.45) is 28.1 Å². The summed E-state index contributed by atoms with van der Waals surface area (Å²) in [5, 5.41) is 2.61. The van der Waals surface area contributed by atoms with Crippen LogP contribution >= 0.6 is 0 Å². The van der Waals surface area contributed by atoms with Crippen molar-refractivity contribution in [1.82, 2.24) is 10.3 Å². The number of amides is 1. The van der Waals surface area contributed by atoms with Gasteiger partial charge >= 0.3 is 5.97 Å². The maximum atomic E-state index is 12.4. The lowest BCUT2D eigenvalue weighted by Gasteiger charge is -2.16. The fourth-order valence-corrected chi connectivity index (χ4v) is 2.27. The van der Waals surface area contributed by atoms with Crippen LogP contribution in [0.2, 0.25) is 0 Å². The van der Waals surface area contributed by atoms with Crippen molar-refractivity contribution in [3.63, 3.8) is 0 Å². The van der Waals surface area contributed by atoms with E-state index in [1.165, 1.54) is 6.26 Å². The third-order valence-corrected chi connectivity index (χ3v) is 4.12. The first kappa shape index (κ1) is 22.4. The summed E-state index contributed by atoms with van der Waals surface area (Å²) in [6, 6.07) is -1.24. The zero-order chi connectivity index (χ0) is 20.4. The minimum absolute atomic E-state index is 0.0282. The summed E-state index contributed by atoms with van der Waals surface area (Å²) in [5.41, 5.74) is 16.7. The molecule has 1 aromatic heterocycles. The van der Waals surface area contributed by atoms with Gasteiger partial charge in [0.15, 0.2) is 11.7 Å². The van der Waals surface area contributed by atoms with E-state index >= 15 is 0 Å². The lowest BCUT2D eigenvalue weighted by Crippen LogP contribution is -2.42. The molecule has 3 atom stereocenters. The van der Waals surface area contributed by atoms with E-state index in [-0.39, 0.29) is 30.1 Å². The van der Waals surface area contributed by atoms with E-state index < -0.39 is 24.0 Å². The minimum atomic E-state index is -0.838. The highest BCUT2D eigenvalue weighted by Gasteiger charge is 2.25. The van der Waals surface area contributed by atoms with Gasteiger partial charge in [0.25, 0.3) is 5.91 Å². The Bertz CT molecular complexity index is 641. The van der Waals surface area contributed by atoms with Crippen LogP contribution in [0.1, 0.15) is 62.5 Å². The number of hydrogen-bond acceptors (Lipinski definition) is 7. The monoisotopic (exact) mass is 382 g/mol. The van der Waals surface area contributed by atoms with Crippen LogP contribution in [-0.2, 0) is 9.53 Å². The van der Waals surface area contributed by atoms with Gasteiger partial charge in [-0.1, -0.05) is 20.3 Å². The average Bonchev–Trinajstić information content (AvgIpc) is 3.12. The Kier molecular flexibility index (Phi) is 9.27. The van der Waals surface area contributed by atoms with E-state index in [0.29, 0.717) is 19.4 Å². The van der Waals surface area contributed by atoms with Gasteiger partial charge in [-0.15, -0.1) is 0 Å². The molecule has 10 heteroatoms. The largest absolute Gasteiger partial charge is 0.464 e. The fraction of sp³-hybridized carbons (Fsp3) is 0.647. The van der Waals surface area contributed by atoms with E-state index in [9.17, 15) is 9.59 Å². The van der Waals surface area contributed by atoms with Crippen molar-refractivity contribution in [3.8, 4) is 0 Å². The van der Waals surface area contributed by atoms with E-state index in [1.807, 2.05) is 13.8 Å². The second kappa shape index (κ2) is 11.2. The summed E-state index contributed by atoms with van der Waals surface area (Å²) in [6.07, 6.45) is 2.89. The first-order chi connectivity index (χ1) is 12.8. The molecule has 0 aliphatic heterocycles. The number of carbonyl (C=O) groups excluding carboxylic acids is 2. The molecule has 0 bridgehead atoms. The molecule has 27 heavy (non-hydrogen) atoms. The highest BCUT2D eigenvalue weighted by Crippen LogP contribution is 2.21. The third kappa shape index (κ3) is 7.26. The molecule has 0 fully saturated rings. The molecule has 0 aliphatic rings.